The smallest absolute Gasteiger partial charge is 0.258 e. The van der Waals surface area contributed by atoms with Crippen LogP contribution in [0.5, 0.6) is 5.75 Å². The molecular formula is C22H22N2O3S. The lowest BCUT2D eigenvalue weighted by Gasteiger charge is -2.18. The van der Waals surface area contributed by atoms with Crippen molar-refractivity contribution in [3.8, 4) is 5.75 Å². The summed E-state index contributed by atoms with van der Waals surface area (Å²) in [6.07, 6.45) is 0. The summed E-state index contributed by atoms with van der Waals surface area (Å²) in [6.45, 7) is 3.40. The molecule has 0 aliphatic carbocycles. The Labute approximate surface area is 168 Å². The average molecular weight is 394 g/mol. The van der Waals surface area contributed by atoms with Crippen LogP contribution < -0.4 is 15.4 Å². The standard InChI is InChI=1S/C22H22N2O3S/c1-15-5-7-17(8-6-15)22(20-4-3-13-28-20)24-21(26)14-27-19-11-9-18(10-12-19)23-16(2)25/h3-13,22H,14H2,1-2H3,(H,23,25)(H,24,26)/t22-/m0/s1. The van der Waals surface area contributed by atoms with Gasteiger partial charge in [0.15, 0.2) is 6.61 Å². The summed E-state index contributed by atoms with van der Waals surface area (Å²) in [5, 5.41) is 7.74. The predicted octanol–water partition coefficient (Wildman–Crippen LogP) is 4.30. The normalized spacial score (nSPS) is 11.5. The van der Waals surface area contributed by atoms with Crippen LogP contribution in [0, 0.1) is 6.92 Å². The molecule has 1 aromatic heterocycles. The minimum absolute atomic E-state index is 0.0901. The maximum absolute atomic E-state index is 12.5. The van der Waals surface area contributed by atoms with Gasteiger partial charge >= 0.3 is 0 Å². The number of rotatable bonds is 7. The van der Waals surface area contributed by atoms with Gasteiger partial charge < -0.3 is 15.4 Å². The Morgan fingerprint density at radius 2 is 1.75 bits per heavy atom. The fraction of sp³-hybridized carbons (Fsp3) is 0.182. The third-order valence-corrected chi connectivity index (χ3v) is 5.03. The molecule has 144 valence electrons. The number of amides is 2. The van der Waals surface area contributed by atoms with Crippen LogP contribution in [0.15, 0.2) is 66.0 Å². The number of ether oxygens (including phenoxy) is 1. The lowest BCUT2D eigenvalue weighted by molar-refractivity contribution is -0.123. The number of benzene rings is 2. The number of carbonyl (C=O) groups is 2. The van der Waals surface area contributed by atoms with Crippen LogP contribution in [-0.4, -0.2) is 18.4 Å². The highest BCUT2D eigenvalue weighted by molar-refractivity contribution is 7.10. The second-order valence-corrected chi connectivity index (χ2v) is 7.40. The fourth-order valence-corrected chi connectivity index (χ4v) is 3.52. The van der Waals surface area contributed by atoms with E-state index in [0.717, 1.165) is 10.4 Å². The van der Waals surface area contributed by atoms with Crippen LogP contribution in [0.25, 0.3) is 0 Å². The van der Waals surface area contributed by atoms with Gasteiger partial charge in [-0.25, -0.2) is 0 Å². The molecule has 0 bridgehead atoms. The molecule has 0 fully saturated rings. The minimum Gasteiger partial charge on any atom is -0.484 e. The third kappa shape index (κ3) is 5.44. The first kappa shape index (κ1) is 19.6. The van der Waals surface area contributed by atoms with Crippen molar-refractivity contribution in [2.24, 2.45) is 0 Å². The molecule has 3 aromatic rings. The maximum Gasteiger partial charge on any atom is 0.258 e. The lowest BCUT2D eigenvalue weighted by atomic mass is 10.0. The molecule has 5 nitrogen and oxygen atoms in total. The molecule has 2 N–H and O–H groups in total. The van der Waals surface area contributed by atoms with Crippen LogP contribution in [0.2, 0.25) is 0 Å². The van der Waals surface area contributed by atoms with Gasteiger partial charge in [-0.1, -0.05) is 35.9 Å². The molecule has 3 rings (SSSR count). The number of aryl methyl sites for hydroxylation is 1. The third-order valence-electron chi connectivity index (χ3n) is 4.09. The van der Waals surface area contributed by atoms with Crippen molar-refractivity contribution in [3.63, 3.8) is 0 Å². The summed E-state index contributed by atoms with van der Waals surface area (Å²) >= 11 is 1.60. The van der Waals surface area contributed by atoms with Crippen molar-refractivity contribution in [1.29, 1.82) is 0 Å². The number of hydrogen-bond acceptors (Lipinski definition) is 4. The van der Waals surface area contributed by atoms with Crippen molar-refractivity contribution in [1.82, 2.24) is 5.32 Å². The summed E-state index contributed by atoms with van der Waals surface area (Å²) in [4.78, 5) is 24.6. The molecule has 1 atom stereocenters. The minimum atomic E-state index is -0.209. The van der Waals surface area contributed by atoms with Crippen LogP contribution >= 0.6 is 11.3 Å². The second kappa shape index (κ2) is 9.19. The molecule has 0 radical (unpaired) electrons. The quantitative estimate of drug-likeness (QED) is 0.628. The summed E-state index contributed by atoms with van der Waals surface area (Å²) in [7, 11) is 0. The number of anilines is 1. The van der Waals surface area contributed by atoms with Gasteiger partial charge in [0.2, 0.25) is 5.91 Å². The van der Waals surface area contributed by atoms with Gasteiger partial charge in [-0.15, -0.1) is 11.3 Å². The summed E-state index contributed by atoms with van der Waals surface area (Å²) in [5.74, 6) is 0.223. The number of carbonyl (C=O) groups excluding carboxylic acids is 2. The van der Waals surface area contributed by atoms with E-state index in [1.54, 1.807) is 35.6 Å². The maximum atomic E-state index is 12.5. The number of thiophene rings is 1. The molecule has 0 saturated carbocycles. The average Bonchev–Trinajstić information content (AvgIpc) is 3.20. The largest absolute Gasteiger partial charge is 0.484 e. The summed E-state index contributed by atoms with van der Waals surface area (Å²) in [5.41, 5.74) is 2.88. The first-order valence-electron chi connectivity index (χ1n) is 8.91. The van der Waals surface area contributed by atoms with Crippen molar-refractivity contribution in [2.75, 3.05) is 11.9 Å². The Morgan fingerprint density at radius 1 is 1.04 bits per heavy atom. The molecule has 28 heavy (non-hydrogen) atoms. The van der Waals surface area contributed by atoms with Crippen LogP contribution in [0.1, 0.15) is 29.0 Å². The predicted molar refractivity (Wildman–Crippen MR) is 112 cm³/mol. The number of hydrogen-bond donors (Lipinski definition) is 2. The van der Waals surface area contributed by atoms with E-state index in [1.807, 2.05) is 48.7 Å². The lowest BCUT2D eigenvalue weighted by Crippen LogP contribution is -2.32. The van der Waals surface area contributed by atoms with Crippen molar-refractivity contribution in [2.45, 2.75) is 19.9 Å². The Bertz CT molecular complexity index is 919. The molecular weight excluding hydrogens is 372 g/mol. The summed E-state index contributed by atoms with van der Waals surface area (Å²) < 4.78 is 5.58. The van der Waals surface area contributed by atoms with E-state index < -0.39 is 0 Å². The SMILES string of the molecule is CC(=O)Nc1ccc(OCC(=O)N[C@@H](c2ccc(C)cc2)c2cccs2)cc1. The highest BCUT2D eigenvalue weighted by Crippen LogP contribution is 2.26. The first-order valence-corrected chi connectivity index (χ1v) is 9.79. The Balaban J connectivity index is 1.62. The van der Waals surface area contributed by atoms with Gasteiger partial charge in [0.05, 0.1) is 6.04 Å². The van der Waals surface area contributed by atoms with Crippen LogP contribution in [0.3, 0.4) is 0 Å². The highest BCUT2D eigenvalue weighted by atomic mass is 32.1. The van der Waals surface area contributed by atoms with Crippen molar-refractivity contribution in [3.05, 3.63) is 82.0 Å². The fourth-order valence-electron chi connectivity index (χ4n) is 2.72. The van der Waals surface area contributed by atoms with E-state index in [-0.39, 0.29) is 24.5 Å². The van der Waals surface area contributed by atoms with E-state index in [1.165, 1.54) is 12.5 Å². The van der Waals surface area contributed by atoms with E-state index in [2.05, 4.69) is 10.6 Å². The topological polar surface area (TPSA) is 67.4 Å². The Kier molecular flexibility index (Phi) is 6.45. The first-order chi connectivity index (χ1) is 13.5. The summed E-state index contributed by atoms with van der Waals surface area (Å²) in [6, 6.07) is 18.8. The number of nitrogens with one attached hydrogen (secondary N) is 2. The van der Waals surface area contributed by atoms with E-state index in [0.29, 0.717) is 11.4 Å². The highest BCUT2D eigenvalue weighted by Gasteiger charge is 2.18. The van der Waals surface area contributed by atoms with Gasteiger partial charge in [-0.05, 0) is 48.2 Å². The Hall–Kier alpha value is -3.12. The van der Waals surface area contributed by atoms with Crippen molar-refractivity contribution >= 4 is 28.8 Å². The zero-order valence-corrected chi connectivity index (χ0v) is 16.6. The molecule has 2 amide bonds. The van der Waals surface area contributed by atoms with E-state index in [9.17, 15) is 9.59 Å². The Morgan fingerprint density at radius 3 is 2.36 bits per heavy atom. The monoisotopic (exact) mass is 394 g/mol. The molecule has 0 saturated heterocycles. The van der Waals surface area contributed by atoms with Gasteiger partial charge in [0.25, 0.3) is 5.91 Å². The van der Waals surface area contributed by atoms with E-state index >= 15 is 0 Å². The van der Waals surface area contributed by atoms with Gasteiger partial charge in [-0.2, -0.15) is 0 Å². The second-order valence-electron chi connectivity index (χ2n) is 6.42. The molecule has 1 heterocycles. The molecule has 2 aromatic carbocycles. The van der Waals surface area contributed by atoms with Gasteiger partial charge in [0, 0.05) is 17.5 Å². The molecule has 0 aliphatic rings. The zero-order chi connectivity index (χ0) is 19.9. The molecule has 0 spiro atoms. The van der Waals surface area contributed by atoms with E-state index in [4.69, 9.17) is 4.74 Å². The zero-order valence-electron chi connectivity index (χ0n) is 15.8. The van der Waals surface area contributed by atoms with Gasteiger partial charge in [-0.3, -0.25) is 9.59 Å². The molecule has 0 aliphatic heterocycles. The molecule has 6 heteroatoms. The van der Waals surface area contributed by atoms with Crippen LogP contribution in [0.4, 0.5) is 5.69 Å². The van der Waals surface area contributed by atoms with Gasteiger partial charge in [0.1, 0.15) is 5.75 Å². The van der Waals surface area contributed by atoms with Crippen LogP contribution in [-0.2, 0) is 9.59 Å². The molecule has 0 unspecified atom stereocenters. The van der Waals surface area contributed by atoms with Crippen molar-refractivity contribution < 1.29 is 14.3 Å².